The maximum Gasteiger partial charge on any atom is 0.109 e. The summed E-state index contributed by atoms with van der Waals surface area (Å²) in [4.78, 5) is 9.61. The molecule has 6 heteroatoms. The van der Waals surface area contributed by atoms with Gasteiger partial charge in [-0.05, 0) is 24.5 Å². The van der Waals surface area contributed by atoms with Crippen LogP contribution in [0.1, 0.15) is 29.1 Å². The van der Waals surface area contributed by atoms with Crippen LogP contribution in [0.4, 0.5) is 5.69 Å². The van der Waals surface area contributed by atoms with E-state index in [1.165, 1.54) is 28.2 Å². The highest BCUT2D eigenvalue weighted by Gasteiger charge is 2.24. The van der Waals surface area contributed by atoms with E-state index in [0.717, 1.165) is 39.3 Å². The number of benzene rings is 1. The smallest absolute Gasteiger partial charge is 0.109 e. The number of thiazole rings is 1. The Morgan fingerprint density at radius 1 is 1.25 bits per heavy atom. The first kappa shape index (κ1) is 17.7. The molecular formula is C18H25ClN4S. The number of hydrogen-bond acceptors (Lipinski definition) is 5. The monoisotopic (exact) mass is 364 g/mol. The van der Waals surface area contributed by atoms with Crippen molar-refractivity contribution in [2.75, 3.05) is 38.0 Å². The summed E-state index contributed by atoms with van der Waals surface area (Å²) in [5, 5.41) is 6.87. The van der Waals surface area contributed by atoms with Gasteiger partial charge in [-0.2, -0.15) is 0 Å². The van der Waals surface area contributed by atoms with Crippen molar-refractivity contribution in [1.29, 1.82) is 0 Å². The Morgan fingerprint density at radius 3 is 2.83 bits per heavy atom. The van der Waals surface area contributed by atoms with Crippen molar-refractivity contribution < 1.29 is 0 Å². The lowest BCUT2D eigenvalue weighted by molar-refractivity contribution is 0.0979. The molecule has 4 nitrogen and oxygen atoms in total. The van der Waals surface area contributed by atoms with E-state index in [1.54, 1.807) is 11.3 Å². The molecule has 1 saturated heterocycles. The first-order valence-corrected chi connectivity index (χ1v) is 9.39. The molecule has 0 amide bonds. The van der Waals surface area contributed by atoms with Gasteiger partial charge in [0.25, 0.3) is 0 Å². The Kier molecular flexibility index (Phi) is 5.76. The molecule has 1 unspecified atom stereocenters. The number of rotatable bonds is 4. The van der Waals surface area contributed by atoms with Crippen molar-refractivity contribution in [3.05, 3.63) is 45.9 Å². The van der Waals surface area contributed by atoms with E-state index >= 15 is 0 Å². The highest BCUT2D eigenvalue weighted by atomic mass is 35.5. The molecule has 3 heterocycles. The van der Waals surface area contributed by atoms with Gasteiger partial charge in [0.1, 0.15) is 5.01 Å². The molecule has 2 aromatic rings. The lowest BCUT2D eigenvalue weighted by Crippen LogP contribution is -2.46. The van der Waals surface area contributed by atoms with E-state index in [9.17, 15) is 0 Å². The maximum absolute atomic E-state index is 4.47. The fourth-order valence-electron chi connectivity index (χ4n) is 3.69. The van der Waals surface area contributed by atoms with Gasteiger partial charge in [0, 0.05) is 56.5 Å². The van der Waals surface area contributed by atoms with Crippen molar-refractivity contribution in [1.82, 2.24) is 14.8 Å². The van der Waals surface area contributed by atoms with Crippen molar-refractivity contribution in [3.63, 3.8) is 0 Å². The normalized spacial score (nSPS) is 19.4. The zero-order valence-corrected chi connectivity index (χ0v) is 15.7. The van der Waals surface area contributed by atoms with Crippen LogP contribution < -0.4 is 5.32 Å². The minimum Gasteiger partial charge on any atom is -0.384 e. The van der Waals surface area contributed by atoms with Crippen LogP contribution in [-0.2, 0) is 13.0 Å². The van der Waals surface area contributed by atoms with E-state index in [0.29, 0.717) is 6.04 Å². The van der Waals surface area contributed by atoms with E-state index in [-0.39, 0.29) is 12.4 Å². The largest absolute Gasteiger partial charge is 0.384 e. The Hall–Kier alpha value is -1.14. The van der Waals surface area contributed by atoms with E-state index in [4.69, 9.17) is 0 Å². The molecule has 0 spiro atoms. The first-order valence-electron chi connectivity index (χ1n) is 8.52. The fourth-order valence-corrected chi connectivity index (χ4v) is 4.42. The Labute approximate surface area is 154 Å². The molecule has 1 N–H and O–H groups in total. The van der Waals surface area contributed by atoms with Crippen LogP contribution in [0.25, 0.3) is 0 Å². The zero-order chi connectivity index (χ0) is 15.6. The molecular weight excluding hydrogens is 340 g/mol. The predicted octanol–water partition coefficient (Wildman–Crippen LogP) is 3.41. The van der Waals surface area contributed by atoms with Gasteiger partial charge in [-0.1, -0.05) is 18.2 Å². The van der Waals surface area contributed by atoms with Crippen LogP contribution in [-0.4, -0.2) is 47.5 Å². The minimum absolute atomic E-state index is 0. The van der Waals surface area contributed by atoms with Crippen LogP contribution in [0.5, 0.6) is 0 Å². The Bertz CT molecular complexity index is 653. The quantitative estimate of drug-likeness (QED) is 0.900. The third-order valence-corrected chi connectivity index (χ3v) is 6.04. The molecule has 2 aliphatic heterocycles. The summed E-state index contributed by atoms with van der Waals surface area (Å²) in [6.07, 6.45) is 3.08. The molecule has 0 aliphatic carbocycles. The van der Waals surface area contributed by atoms with Crippen LogP contribution >= 0.6 is 23.7 Å². The fraction of sp³-hybridized carbons (Fsp3) is 0.500. The number of anilines is 1. The minimum atomic E-state index is 0. The van der Waals surface area contributed by atoms with E-state index < -0.39 is 0 Å². The number of nitrogens with zero attached hydrogens (tertiary/aromatic N) is 3. The summed E-state index contributed by atoms with van der Waals surface area (Å²) in [5.74, 6) is 0. The summed E-state index contributed by atoms with van der Waals surface area (Å²) < 4.78 is 0. The second kappa shape index (κ2) is 7.83. The highest BCUT2D eigenvalue weighted by Crippen LogP contribution is 2.28. The number of aromatic nitrogens is 1. The van der Waals surface area contributed by atoms with Gasteiger partial charge in [-0.15, -0.1) is 23.7 Å². The van der Waals surface area contributed by atoms with E-state index in [1.807, 2.05) is 6.20 Å². The second-order valence-corrected chi connectivity index (χ2v) is 7.41. The van der Waals surface area contributed by atoms with Crippen molar-refractivity contribution in [2.45, 2.75) is 25.9 Å². The van der Waals surface area contributed by atoms with Gasteiger partial charge in [0.05, 0.1) is 6.04 Å². The van der Waals surface area contributed by atoms with Gasteiger partial charge in [0.15, 0.2) is 0 Å². The molecule has 1 aromatic heterocycles. The van der Waals surface area contributed by atoms with E-state index in [2.05, 4.69) is 50.6 Å². The van der Waals surface area contributed by atoms with Gasteiger partial charge in [-0.3, -0.25) is 9.80 Å². The lowest BCUT2D eigenvalue weighted by Gasteiger charge is -2.37. The van der Waals surface area contributed by atoms with Gasteiger partial charge >= 0.3 is 0 Å². The maximum atomic E-state index is 4.47. The molecule has 4 rings (SSSR count). The third-order valence-electron chi connectivity index (χ3n) is 5.09. The lowest BCUT2D eigenvalue weighted by atomic mass is 10.1. The van der Waals surface area contributed by atoms with Crippen LogP contribution in [0.2, 0.25) is 0 Å². The Morgan fingerprint density at radius 2 is 2.08 bits per heavy atom. The number of fused-ring (bicyclic) bond motifs is 1. The summed E-state index contributed by atoms with van der Waals surface area (Å²) in [6.45, 7) is 8.97. The predicted molar refractivity (Wildman–Crippen MR) is 103 cm³/mol. The van der Waals surface area contributed by atoms with Crippen molar-refractivity contribution >= 4 is 29.4 Å². The van der Waals surface area contributed by atoms with Crippen molar-refractivity contribution in [3.8, 4) is 0 Å². The molecule has 1 aromatic carbocycles. The molecule has 2 aliphatic rings. The average molecular weight is 365 g/mol. The number of para-hydroxylation sites is 1. The topological polar surface area (TPSA) is 31.4 Å². The molecule has 24 heavy (non-hydrogen) atoms. The summed E-state index contributed by atoms with van der Waals surface area (Å²) in [7, 11) is 0. The van der Waals surface area contributed by atoms with Gasteiger partial charge in [-0.25, -0.2) is 4.98 Å². The molecule has 130 valence electrons. The molecule has 1 atom stereocenters. The summed E-state index contributed by atoms with van der Waals surface area (Å²) in [5.41, 5.74) is 4.34. The molecule has 0 radical (unpaired) electrons. The van der Waals surface area contributed by atoms with Gasteiger partial charge < -0.3 is 5.32 Å². The number of piperazine rings is 1. The number of nitrogens with one attached hydrogen (secondary N) is 1. The summed E-state index contributed by atoms with van der Waals surface area (Å²) >= 11 is 1.77. The third kappa shape index (κ3) is 3.59. The van der Waals surface area contributed by atoms with Crippen LogP contribution in [0, 0.1) is 0 Å². The Balaban J connectivity index is 0.00000169. The first-order chi connectivity index (χ1) is 11.3. The second-order valence-electron chi connectivity index (χ2n) is 6.49. The molecule has 1 fully saturated rings. The molecule has 0 saturated carbocycles. The van der Waals surface area contributed by atoms with Gasteiger partial charge in [0.2, 0.25) is 0 Å². The standard InChI is InChI=1S/C18H24N4S.ClH/c1-14(18-20-7-12-23-18)22-10-8-21(9-11-22)13-16-4-2-3-15-5-6-19-17(15)16;/h2-4,7,12,14,19H,5-6,8-11,13H2,1H3;1H. The highest BCUT2D eigenvalue weighted by molar-refractivity contribution is 7.09. The molecule has 0 bridgehead atoms. The zero-order valence-electron chi connectivity index (χ0n) is 14.1. The van der Waals surface area contributed by atoms with Crippen LogP contribution in [0.3, 0.4) is 0 Å². The van der Waals surface area contributed by atoms with Crippen LogP contribution in [0.15, 0.2) is 29.8 Å². The summed E-state index contributed by atoms with van der Waals surface area (Å²) in [6, 6.07) is 7.19. The SMILES string of the molecule is CC(c1nccs1)N1CCN(Cc2cccc3c2NCC3)CC1.Cl. The average Bonchev–Trinajstić information content (AvgIpc) is 3.27. The number of halogens is 1. The number of hydrogen-bond donors (Lipinski definition) is 1. The van der Waals surface area contributed by atoms with Crippen molar-refractivity contribution in [2.24, 2.45) is 0 Å².